The fourth-order valence-corrected chi connectivity index (χ4v) is 2.24. The summed E-state index contributed by atoms with van der Waals surface area (Å²) >= 11 is 0. The molecule has 1 unspecified atom stereocenters. The molecule has 0 radical (unpaired) electrons. The summed E-state index contributed by atoms with van der Waals surface area (Å²) in [5.74, 6) is -0.0433. The van der Waals surface area contributed by atoms with Gasteiger partial charge in [-0.2, -0.15) is 5.10 Å². The lowest BCUT2D eigenvalue weighted by Gasteiger charge is -2.10. The topological polar surface area (TPSA) is 44.6 Å². The maximum atomic E-state index is 13.2. The third-order valence-electron chi connectivity index (χ3n) is 3.22. The van der Waals surface area contributed by atoms with E-state index in [9.17, 15) is 9.50 Å². The Morgan fingerprint density at radius 2 is 2.00 bits per heavy atom. The number of rotatable bonds is 2. The monoisotopic (exact) mass is 256 g/mol. The average Bonchev–Trinajstić information content (AvgIpc) is 2.89. The summed E-state index contributed by atoms with van der Waals surface area (Å²) in [6.07, 6.45) is 0.626. The Balaban J connectivity index is 1.82. The number of aromatic hydroxyl groups is 1. The first-order valence-electron chi connectivity index (χ1n) is 6.10. The Labute approximate surface area is 110 Å². The molecule has 0 saturated carbocycles. The van der Waals surface area contributed by atoms with E-state index < -0.39 is 0 Å². The zero-order valence-electron chi connectivity index (χ0n) is 10.2. The predicted molar refractivity (Wildman–Crippen MR) is 71.5 cm³/mol. The fraction of sp³-hybridized carbons (Fsp3) is 0.133. The quantitative estimate of drug-likeness (QED) is 0.867. The van der Waals surface area contributed by atoms with Crippen molar-refractivity contribution in [3.63, 3.8) is 0 Å². The van der Waals surface area contributed by atoms with Crippen molar-refractivity contribution >= 4 is 5.71 Å². The molecule has 2 aromatic rings. The minimum Gasteiger partial charge on any atom is -0.507 e. The standard InChI is InChI=1S/C15H13FN2O/c16-11-5-3-4-10(8-11)13-9-14(18-17-13)12-6-1-2-7-15(12)19/h1-8,13,17,19H,9H2. The first-order valence-corrected chi connectivity index (χ1v) is 6.10. The SMILES string of the molecule is Oc1ccccc1C1=NNC(c2cccc(F)c2)C1. The molecule has 1 aliphatic heterocycles. The number of benzene rings is 2. The highest BCUT2D eigenvalue weighted by Crippen LogP contribution is 2.27. The van der Waals surface area contributed by atoms with Crippen molar-refractivity contribution in [1.29, 1.82) is 0 Å². The van der Waals surface area contributed by atoms with Gasteiger partial charge in [0, 0.05) is 12.0 Å². The minimum absolute atomic E-state index is 0.0506. The average molecular weight is 256 g/mol. The Bertz CT molecular complexity index is 640. The van der Waals surface area contributed by atoms with Gasteiger partial charge in [0.2, 0.25) is 0 Å². The first kappa shape index (κ1) is 11.7. The van der Waals surface area contributed by atoms with E-state index in [1.807, 2.05) is 18.2 Å². The Kier molecular flexibility index (Phi) is 2.91. The maximum Gasteiger partial charge on any atom is 0.124 e. The van der Waals surface area contributed by atoms with Crippen molar-refractivity contribution in [3.8, 4) is 5.75 Å². The Morgan fingerprint density at radius 3 is 2.79 bits per heavy atom. The van der Waals surface area contributed by atoms with Gasteiger partial charge in [0.1, 0.15) is 11.6 Å². The third kappa shape index (κ3) is 2.29. The Morgan fingerprint density at radius 1 is 1.16 bits per heavy atom. The van der Waals surface area contributed by atoms with Gasteiger partial charge in [-0.25, -0.2) is 4.39 Å². The zero-order valence-corrected chi connectivity index (χ0v) is 10.2. The lowest BCUT2D eigenvalue weighted by Crippen LogP contribution is -2.10. The van der Waals surface area contributed by atoms with Crippen LogP contribution in [0.1, 0.15) is 23.6 Å². The van der Waals surface area contributed by atoms with Crippen LogP contribution in [0.15, 0.2) is 53.6 Å². The van der Waals surface area contributed by atoms with Crippen LogP contribution in [0.5, 0.6) is 5.75 Å². The molecular formula is C15H13FN2O. The van der Waals surface area contributed by atoms with Crippen molar-refractivity contribution in [2.45, 2.75) is 12.5 Å². The molecule has 2 N–H and O–H groups in total. The molecule has 1 heterocycles. The molecule has 0 saturated heterocycles. The number of halogens is 1. The highest BCUT2D eigenvalue weighted by molar-refractivity contribution is 6.03. The van der Waals surface area contributed by atoms with E-state index in [0.29, 0.717) is 12.0 Å². The predicted octanol–water partition coefficient (Wildman–Crippen LogP) is 2.97. The highest BCUT2D eigenvalue weighted by Gasteiger charge is 2.22. The van der Waals surface area contributed by atoms with Gasteiger partial charge < -0.3 is 10.5 Å². The van der Waals surface area contributed by atoms with Crippen LogP contribution in [0.25, 0.3) is 0 Å². The largest absolute Gasteiger partial charge is 0.507 e. The molecule has 19 heavy (non-hydrogen) atoms. The number of nitrogens with zero attached hydrogens (tertiary/aromatic N) is 1. The number of hydrogen-bond donors (Lipinski definition) is 2. The summed E-state index contributed by atoms with van der Waals surface area (Å²) in [7, 11) is 0. The molecule has 0 amide bonds. The van der Waals surface area contributed by atoms with Crippen LogP contribution in [0.2, 0.25) is 0 Å². The molecule has 0 aromatic heterocycles. The first-order chi connectivity index (χ1) is 9.24. The van der Waals surface area contributed by atoms with Gasteiger partial charge in [-0.15, -0.1) is 0 Å². The van der Waals surface area contributed by atoms with Gasteiger partial charge in [0.05, 0.1) is 11.8 Å². The maximum absolute atomic E-state index is 13.2. The number of para-hydroxylation sites is 1. The number of nitrogens with one attached hydrogen (secondary N) is 1. The van der Waals surface area contributed by atoms with E-state index in [4.69, 9.17) is 0 Å². The van der Waals surface area contributed by atoms with E-state index in [1.165, 1.54) is 12.1 Å². The fourth-order valence-electron chi connectivity index (χ4n) is 2.24. The van der Waals surface area contributed by atoms with Gasteiger partial charge in [0.15, 0.2) is 0 Å². The number of hydrazone groups is 1. The molecule has 1 atom stereocenters. The van der Waals surface area contributed by atoms with Crippen LogP contribution in [-0.2, 0) is 0 Å². The van der Waals surface area contributed by atoms with Gasteiger partial charge in [0.25, 0.3) is 0 Å². The molecule has 4 heteroatoms. The van der Waals surface area contributed by atoms with E-state index in [1.54, 1.807) is 18.2 Å². The molecule has 3 rings (SSSR count). The van der Waals surface area contributed by atoms with Crippen molar-refractivity contribution < 1.29 is 9.50 Å². The normalized spacial score (nSPS) is 17.9. The smallest absolute Gasteiger partial charge is 0.124 e. The number of hydrogen-bond acceptors (Lipinski definition) is 3. The Hall–Kier alpha value is -2.36. The molecule has 3 nitrogen and oxygen atoms in total. The van der Waals surface area contributed by atoms with Gasteiger partial charge >= 0.3 is 0 Å². The van der Waals surface area contributed by atoms with Crippen LogP contribution in [-0.4, -0.2) is 10.8 Å². The summed E-state index contributed by atoms with van der Waals surface area (Å²) in [5, 5.41) is 14.0. The van der Waals surface area contributed by atoms with Crippen LogP contribution >= 0.6 is 0 Å². The van der Waals surface area contributed by atoms with Gasteiger partial charge in [-0.3, -0.25) is 0 Å². The van der Waals surface area contributed by atoms with Crippen molar-refractivity contribution in [3.05, 3.63) is 65.5 Å². The van der Waals surface area contributed by atoms with Crippen molar-refractivity contribution in [1.82, 2.24) is 5.43 Å². The zero-order chi connectivity index (χ0) is 13.2. The van der Waals surface area contributed by atoms with Gasteiger partial charge in [-0.1, -0.05) is 24.3 Å². The molecule has 0 aliphatic carbocycles. The second-order valence-corrected chi connectivity index (χ2v) is 4.52. The molecule has 0 fully saturated rings. The highest BCUT2D eigenvalue weighted by atomic mass is 19.1. The van der Waals surface area contributed by atoms with E-state index in [2.05, 4.69) is 10.5 Å². The second-order valence-electron chi connectivity index (χ2n) is 4.52. The summed E-state index contributed by atoms with van der Waals surface area (Å²) < 4.78 is 13.2. The minimum atomic E-state index is -0.254. The van der Waals surface area contributed by atoms with Crippen LogP contribution in [0.3, 0.4) is 0 Å². The molecule has 1 aliphatic rings. The van der Waals surface area contributed by atoms with E-state index in [-0.39, 0.29) is 17.6 Å². The molecule has 2 aromatic carbocycles. The van der Waals surface area contributed by atoms with Crippen LogP contribution in [0, 0.1) is 5.82 Å². The lowest BCUT2D eigenvalue weighted by molar-refractivity contribution is 0.474. The molecule has 96 valence electrons. The third-order valence-corrected chi connectivity index (χ3v) is 3.22. The lowest BCUT2D eigenvalue weighted by atomic mass is 9.99. The second kappa shape index (κ2) is 4.72. The van der Waals surface area contributed by atoms with Crippen LogP contribution < -0.4 is 5.43 Å². The summed E-state index contributed by atoms with van der Waals surface area (Å²) in [4.78, 5) is 0. The molecular weight excluding hydrogens is 243 g/mol. The van der Waals surface area contributed by atoms with Gasteiger partial charge in [-0.05, 0) is 29.8 Å². The molecule has 0 bridgehead atoms. The number of phenols is 1. The van der Waals surface area contributed by atoms with Crippen LogP contribution in [0.4, 0.5) is 4.39 Å². The van der Waals surface area contributed by atoms with Crippen molar-refractivity contribution in [2.24, 2.45) is 5.10 Å². The number of phenolic OH excluding ortho intramolecular Hbond substituents is 1. The summed E-state index contributed by atoms with van der Waals surface area (Å²) in [6, 6.07) is 13.5. The summed E-state index contributed by atoms with van der Waals surface area (Å²) in [5.41, 5.74) is 5.34. The summed E-state index contributed by atoms with van der Waals surface area (Å²) in [6.45, 7) is 0. The van der Waals surface area contributed by atoms with E-state index in [0.717, 1.165) is 11.3 Å². The van der Waals surface area contributed by atoms with Crippen molar-refractivity contribution in [2.75, 3.05) is 0 Å². The van der Waals surface area contributed by atoms with E-state index >= 15 is 0 Å². The molecule has 0 spiro atoms.